The molecule has 6 heteroatoms. The summed E-state index contributed by atoms with van der Waals surface area (Å²) in [6.45, 7) is -0.0494. The number of carboxylic acids is 1. The van der Waals surface area contributed by atoms with Gasteiger partial charge in [-0.25, -0.2) is 4.79 Å². The Kier molecular flexibility index (Phi) is 5.88. The highest BCUT2D eigenvalue weighted by atomic mass is 16.5. The summed E-state index contributed by atoms with van der Waals surface area (Å²) in [6, 6.07) is 10.6. The summed E-state index contributed by atoms with van der Waals surface area (Å²) < 4.78 is 5.17. The normalized spacial score (nSPS) is 10.4. The zero-order valence-corrected chi connectivity index (χ0v) is 12.3. The van der Waals surface area contributed by atoms with Crippen LogP contribution in [0.4, 0.5) is 0 Å². The second-order valence-electron chi connectivity index (χ2n) is 4.63. The Morgan fingerprint density at radius 1 is 1.22 bits per heavy atom. The minimum atomic E-state index is -1.06. The first-order valence-corrected chi connectivity index (χ1v) is 6.93. The van der Waals surface area contributed by atoms with E-state index in [1.807, 2.05) is 6.07 Å². The molecular weight excluding hydrogens is 296 g/mol. The van der Waals surface area contributed by atoms with Gasteiger partial charge in [-0.3, -0.25) is 9.78 Å². The number of para-hydroxylation sites is 1. The van der Waals surface area contributed by atoms with E-state index in [0.29, 0.717) is 17.9 Å². The van der Waals surface area contributed by atoms with E-state index in [0.717, 1.165) is 5.56 Å². The van der Waals surface area contributed by atoms with E-state index in [9.17, 15) is 9.59 Å². The van der Waals surface area contributed by atoms with E-state index in [-0.39, 0.29) is 5.91 Å². The van der Waals surface area contributed by atoms with Crippen LogP contribution in [0.15, 0.2) is 54.9 Å². The summed E-state index contributed by atoms with van der Waals surface area (Å²) in [7, 11) is 0. The minimum Gasteiger partial charge on any atom is -0.481 e. The van der Waals surface area contributed by atoms with Crippen LogP contribution in [0.3, 0.4) is 0 Å². The number of carbonyl (C=O) groups is 2. The van der Waals surface area contributed by atoms with E-state index in [2.05, 4.69) is 10.3 Å². The van der Waals surface area contributed by atoms with Gasteiger partial charge >= 0.3 is 5.97 Å². The third kappa shape index (κ3) is 5.62. The molecule has 0 radical (unpaired) electrons. The molecule has 0 saturated carbocycles. The average molecular weight is 312 g/mol. The number of amides is 1. The van der Waals surface area contributed by atoms with Gasteiger partial charge in [0.2, 0.25) is 5.91 Å². The fourth-order valence-electron chi connectivity index (χ4n) is 1.81. The molecule has 2 N–H and O–H groups in total. The molecule has 0 spiro atoms. The first-order valence-electron chi connectivity index (χ1n) is 6.93. The van der Waals surface area contributed by atoms with E-state index < -0.39 is 12.6 Å². The molecule has 1 aromatic heterocycles. The van der Waals surface area contributed by atoms with Gasteiger partial charge in [0.05, 0.1) is 0 Å². The molecule has 0 aliphatic heterocycles. The second-order valence-corrected chi connectivity index (χ2v) is 4.63. The lowest BCUT2D eigenvalue weighted by Gasteiger charge is -2.06. The lowest BCUT2D eigenvalue weighted by molar-refractivity contribution is -0.139. The van der Waals surface area contributed by atoms with Crippen molar-refractivity contribution in [3.05, 3.63) is 66.0 Å². The van der Waals surface area contributed by atoms with Crippen LogP contribution in [0.2, 0.25) is 0 Å². The van der Waals surface area contributed by atoms with Gasteiger partial charge in [0.1, 0.15) is 5.75 Å². The fraction of sp³-hybridized carbons (Fsp3) is 0.118. The van der Waals surface area contributed by atoms with Crippen LogP contribution in [-0.4, -0.2) is 28.6 Å². The van der Waals surface area contributed by atoms with Crippen LogP contribution in [0.25, 0.3) is 6.08 Å². The van der Waals surface area contributed by atoms with E-state index in [1.54, 1.807) is 48.8 Å². The molecule has 118 valence electrons. The van der Waals surface area contributed by atoms with Gasteiger partial charge in [-0.05, 0) is 23.8 Å². The molecule has 0 unspecified atom stereocenters. The molecule has 0 fully saturated rings. The third-order valence-corrected chi connectivity index (χ3v) is 2.87. The Hall–Kier alpha value is -3.15. The number of carboxylic acid groups (broad SMARTS) is 1. The molecule has 0 atom stereocenters. The van der Waals surface area contributed by atoms with Crippen molar-refractivity contribution in [1.29, 1.82) is 0 Å². The first kappa shape index (κ1) is 16.2. The van der Waals surface area contributed by atoms with Crippen LogP contribution >= 0.6 is 0 Å². The van der Waals surface area contributed by atoms with Crippen LogP contribution in [-0.2, 0) is 16.1 Å². The number of hydrogen-bond acceptors (Lipinski definition) is 4. The van der Waals surface area contributed by atoms with Crippen molar-refractivity contribution >= 4 is 18.0 Å². The third-order valence-electron chi connectivity index (χ3n) is 2.87. The Bertz CT molecular complexity index is 699. The zero-order chi connectivity index (χ0) is 16.5. The lowest BCUT2D eigenvalue weighted by atomic mass is 10.2. The van der Waals surface area contributed by atoms with Crippen molar-refractivity contribution in [3.8, 4) is 5.75 Å². The molecule has 23 heavy (non-hydrogen) atoms. The molecule has 2 rings (SSSR count). The van der Waals surface area contributed by atoms with Crippen molar-refractivity contribution in [2.45, 2.75) is 6.54 Å². The lowest BCUT2D eigenvalue weighted by Crippen LogP contribution is -2.20. The number of pyridine rings is 1. The molecule has 0 bridgehead atoms. The highest BCUT2D eigenvalue weighted by Crippen LogP contribution is 2.19. The molecule has 1 aromatic carbocycles. The van der Waals surface area contributed by atoms with Gasteiger partial charge in [-0.1, -0.05) is 24.3 Å². The molecule has 0 aliphatic rings. The number of nitrogens with zero attached hydrogens (tertiary/aromatic N) is 1. The monoisotopic (exact) mass is 312 g/mol. The standard InChI is InChI=1S/C17H16N2O4/c20-16(19-11-13-4-3-9-18-10-13)8-7-14-5-1-2-6-15(14)23-12-17(21)22/h1-10H,11-12H2,(H,19,20)(H,21,22). The predicted molar refractivity (Wildman–Crippen MR) is 84.7 cm³/mol. The summed E-state index contributed by atoms with van der Waals surface area (Å²) in [5.41, 5.74) is 1.53. The highest BCUT2D eigenvalue weighted by molar-refractivity contribution is 5.92. The van der Waals surface area contributed by atoms with Crippen molar-refractivity contribution in [3.63, 3.8) is 0 Å². The molecule has 1 amide bonds. The molecule has 0 saturated heterocycles. The van der Waals surface area contributed by atoms with Crippen molar-refractivity contribution < 1.29 is 19.4 Å². The molecule has 6 nitrogen and oxygen atoms in total. The number of carbonyl (C=O) groups excluding carboxylic acids is 1. The number of aliphatic carboxylic acids is 1. The Labute approximate surface area is 133 Å². The van der Waals surface area contributed by atoms with E-state index in [1.165, 1.54) is 6.08 Å². The van der Waals surface area contributed by atoms with Gasteiger partial charge in [0.25, 0.3) is 0 Å². The zero-order valence-electron chi connectivity index (χ0n) is 12.3. The van der Waals surface area contributed by atoms with Crippen LogP contribution in [0.5, 0.6) is 5.75 Å². The average Bonchev–Trinajstić information content (AvgIpc) is 2.58. The number of rotatable bonds is 7. The summed E-state index contributed by atoms with van der Waals surface area (Å²) in [6.07, 6.45) is 6.30. The smallest absolute Gasteiger partial charge is 0.341 e. The largest absolute Gasteiger partial charge is 0.481 e. The highest BCUT2D eigenvalue weighted by Gasteiger charge is 2.04. The van der Waals surface area contributed by atoms with Gasteiger partial charge in [-0.2, -0.15) is 0 Å². The predicted octanol–water partition coefficient (Wildman–Crippen LogP) is 1.87. The maximum atomic E-state index is 11.8. The van der Waals surface area contributed by atoms with Gasteiger partial charge in [-0.15, -0.1) is 0 Å². The summed E-state index contributed by atoms with van der Waals surface area (Å²) in [4.78, 5) is 26.3. The topological polar surface area (TPSA) is 88.5 Å². The van der Waals surface area contributed by atoms with Gasteiger partial charge < -0.3 is 15.2 Å². The molecular formula is C17H16N2O4. The van der Waals surface area contributed by atoms with Crippen molar-refractivity contribution in [2.75, 3.05) is 6.61 Å². The Morgan fingerprint density at radius 2 is 2.04 bits per heavy atom. The number of ether oxygens (including phenoxy) is 1. The Morgan fingerprint density at radius 3 is 2.78 bits per heavy atom. The number of nitrogens with one attached hydrogen (secondary N) is 1. The summed E-state index contributed by atoms with van der Waals surface area (Å²) in [5.74, 6) is -0.911. The van der Waals surface area contributed by atoms with Crippen LogP contribution in [0, 0.1) is 0 Å². The summed E-state index contributed by atoms with van der Waals surface area (Å²) in [5, 5.41) is 11.4. The van der Waals surface area contributed by atoms with Crippen LogP contribution < -0.4 is 10.1 Å². The van der Waals surface area contributed by atoms with Gasteiger partial charge in [0.15, 0.2) is 6.61 Å². The fourth-order valence-corrected chi connectivity index (χ4v) is 1.81. The molecule has 2 aromatic rings. The number of aromatic nitrogens is 1. The van der Waals surface area contributed by atoms with E-state index in [4.69, 9.17) is 9.84 Å². The summed E-state index contributed by atoms with van der Waals surface area (Å²) >= 11 is 0. The molecule has 1 heterocycles. The maximum absolute atomic E-state index is 11.8. The Balaban J connectivity index is 1.94. The van der Waals surface area contributed by atoms with Gasteiger partial charge in [0, 0.05) is 30.6 Å². The quantitative estimate of drug-likeness (QED) is 0.762. The SMILES string of the molecule is O=C(O)COc1ccccc1C=CC(=O)NCc1cccnc1. The first-order chi connectivity index (χ1) is 11.1. The number of benzene rings is 1. The second kappa shape index (κ2) is 8.33. The number of hydrogen-bond donors (Lipinski definition) is 2. The van der Waals surface area contributed by atoms with Crippen molar-refractivity contribution in [1.82, 2.24) is 10.3 Å². The van der Waals surface area contributed by atoms with E-state index >= 15 is 0 Å². The van der Waals surface area contributed by atoms with Crippen LogP contribution in [0.1, 0.15) is 11.1 Å². The maximum Gasteiger partial charge on any atom is 0.341 e. The molecule has 0 aliphatic carbocycles. The van der Waals surface area contributed by atoms with Crippen molar-refractivity contribution in [2.24, 2.45) is 0 Å². The minimum absolute atomic E-state index is 0.262.